The molecule has 0 aliphatic heterocycles. The van der Waals surface area contributed by atoms with E-state index in [1.165, 1.54) is 10.9 Å². The Kier molecular flexibility index (Phi) is 5.86. The minimum atomic E-state index is -0.112. The second-order valence-electron chi connectivity index (χ2n) is 8.62. The van der Waals surface area contributed by atoms with Gasteiger partial charge in [-0.2, -0.15) is 0 Å². The number of anilines is 1. The first kappa shape index (κ1) is 21.2. The molecule has 0 saturated heterocycles. The van der Waals surface area contributed by atoms with Gasteiger partial charge in [0.25, 0.3) is 0 Å². The van der Waals surface area contributed by atoms with Crippen molar-refractivity contribution in [3.8, 4) is 17.0 Å². The highest BCUT2D eigenvalue weighted by molar-refractivity contribution is 5.93. The summed E-state index contributed by atoms with van der Waals surface area (Å²) in [6, 6.07) is 11.0. The number of aromatic nitrogens is 1. The largest absolute Gasteiger partial charge is 0.507 e. The van der Waals surface area contributed by atoms with Gasteiger partial charge in [0, 0.05) is 33.9 Å². The normalized spacial score (nSPS) is 11.7. The SMILES string of the molecule is Cc1cc(-c2[nH]c3ccc(NC(C)C)cc3c2C)cc(C(C)(C)C)c1O.Cl. The summed E-state index contributed by atoms with van der Waals surface area (Å²) in [7, 11) is 0. The summed E-state index contributed by atoms with van der Waals surface area (Å²) < 4.78 is 0. The predicted molar refractivity (Wildman–Crippen MR) is 120 cm³/mol. The molecule has 1 aromatic heterocycles. The molecule has 27 heavy (non-hydrogen) atoms. The molecule has 4 heteroatoms. The number of halogens is 1. The van der Waals surface area contributed by atoms with Crippen molar-refractivity contribution in [1.82, 2.24) is 4.98 Å². The second-order valence-corrected chi connectivity index (χ2v) is 8.62. The van der Waals surface area contributed by atoms with Crippen LogP contribution in [0.3, 0.4) is 0 Å². The van der Waals surface area contributed by atoms with Gasteiger partial charge in [-0.15, -0.1) is 12.4 Å². The number of hydrogen-bond donors (Lipinski definition) is 3. The first-order valence-corrected chi connectivity index (χ1v) is 9.31. The number of H-pyrrole nitrogens is 1. The van der Waals surface area contributed by atoms with E-state index in [1.807, 2.05) is 6.92 Å². The molecular formula is C23H31ClN2O. The van der Waals surface area contributed by atoms with Crippen LogP contribution in [0.25, 0.3) is 22.2 Å². The van der Waals surface area contributed by atoms with Crippen molar-refractivity contribution in [3.05, 3.63) is 47.0 Å². The second kappa shape index (κ2) is 7.47. The molecule has 0 radical (unpaired) electrons. The van der Waals surface area contributed by atoms with Crippen molar-refractivity contribution >= 4 is 29.0 Å². The molecule has 0 unspecified atom stereocenters. The van der Waals surface area contributed by atoms with Crippen LogP contribution < -0.4 is 5.32 Å². The molecule has 1 heterocycles. The zero-order chi connectivity index (χ0) is 19.2. The van der Waals surface area contributed by atoms with Crippen molar-refractivity contribution in [2.24, 2.45) is 0 Å². The lowest BCUT2D eigenvalue weighted by Gasteiger charge is -2.22. The summed E-state index contributed by atoms with van der Waals surface area (Å²) in [4.78, 5) is 3.58. The van der Waals surface area contributed by atoms with Gasteiger partial charge in [-0.25, -0.2) is 0 Å². The van der Waals surface area contributed by atoms with Gasteiger partial charge in [-0.1, -0.05) is 20.8 Å². The monoisotopic (exact) mass is 386 g/mol. The van der Waals surface area contributed by atoms with E-state index >= 15 is 0 Å². The maximum absolute atomic E-state index is 10.5. The van der Waals surface area contributed by atoms with Gasteiger partial charge in [0.15, 0.2) is 0 Å². The Hall–Kier alpha value is -2.13. The number of aromatic amines is 1. The third-order valence-corrected chi connectivity index (χ3v) is 4.91. The quantitative estimate of drug-likeness (QED) is 0.469. The smallest absolute Gasteiger partial charge is 0.122 e. The number of aromatic hydroxyl groups is 1. The summed E-state index contributed by atoms with van der Waals surface area (Å²) in [6.07, 6.45) is 0. The van der Waals surface area contributed by atoms with Crippen molar-refractivity contribution in [2.75, 3.05) is 5.32 Å². The van der Waals surface area contributed by atoms with Gasteiger partial charge in [0.1, 0.15) is 5.75 Å². The van der Waals surface area contributed by atoms with Crippen LogP contribution in [0, 0.1) is 13.8 Å². The molecule has 0 fully saturated rings. The lowest BCUT2D eigenvalue weighted by atomic mass is 9.83. The van der Waals surface area contributed by atoms with Crippen molar-refractivity contribution in [2.45, 2.75) is 59.9 Å². The maximum Gasteiger partial charge on any atom is 0.122 e. The highest BCUT2D eigenvalue weighted by Gasteiger charge is 2.21. The van der Waals surface area contributed by atoms with Crippen LogP contribution in [0.4, 0.5) is 5.69 Å². The maximum atomic E-state index is 10.5. The van der Waals surface area contributed by atoms with Gasteiger partial charge in [0.05, 0.1) is 0 Å². The average Bonchev–Trinajstić information content (AvgIpc) is 2.85. The minimum Gasteiger partial charge on any atom is -0.507 e. The van der Waals surface area contributed by atoms with Crippen LogP contribution in [0.2, 0.25) is 0 Å². The van der Waals surface area contributed by atoms with Gasteiger partial charge >= 0.3 is 0 Å². The first-order valence-electron chi connectivity index (χ1n) is 9.31. The van der Waals surface area contributed by atoms with Gasteiger partial charge in [-0.05, 0) is 80.1 Å². The molecule has 0 aliphatic rings. The third kappa shape index (κ3) is 4.08. The fourth-order valence-corrected chi connectivity index (χ4v) is 3.53. The molecule has 3 nitrogen and oxygen atoms in total. The molecule has 0 spiro atoms. The molecule has 146 valence electrons. The number of benzene rings is 2. The van der Waals surface area contributed by atoms with E-state index in [1.54, 1.807) is 0 Å². The van der Waals surface area contributed by atoms with Gasteiger partial charge in [0.2, 0.25) is 0 Å². The highest BCUT2D eigenvalue weighted by atomic mass is 35.5. The Labute approximate surface area is 168 Å². The Morgan fingerprint density at radius 3 is 2.30 bits per heavy atom. The third-order valence-electron chi connectivity index (χ3n) is 4.91. The summed E-state index contributed by atoms with van der Waals surface area (Å²) in [6.45, 7) is 14.8. The molecule has 0 bridgehead atoms. The van der Waals surface area contributed by atoms with E-state index in [4.69, 9.17) is 0 Å². The number of aryl methyl sites for hydroxylation is 2. The number of nitrogens with one attached hydrogen (secondary N) is 2. The molecule has 3 N–H and O–H groups in total. The summed E-state index contributed by atoms with van der Waals surface area (Å²) in [5.41, 5.74) is 7.53. The van der Waals surface area contributed by atoms with Crippen LogP contribution in [-0.4, -0.2) is 16.1 Å². The van der Waals surface area contributed by atoms with E-state index in [9.17, 15) is 5.11 Å². The lowest BCUT2D eigenvalue weighted by molar-refractivity contribution is 0.443. The van der Waals surface area contributed by atoms with Crippen molar-refractivity contribution < 1.29 is 5.11 Å². The molecule has 2 aromatic carbocycles. The van der Waals surface area contributed by atoms with E-state index < -0.39 is 0 Å². The zero-order valence-corrected chi connectivity index (χ0v) is 18.1. The summed E-state index contributed by atoms with van der Waals surface area (Å²) in [5, 5.41) is 15.2. The van der Waals surface area contributed by atoms with Crippen LogP contribution in [-0.2, 0) is 5.41 Å². The molecule has 3 aromatic rings. The van der Waals surface area contributed by atoms with Crippen molar-refractivity contribution in [1.29, 1.82) is 0 Å². The van der Waals surface area contributed by atoms with E-state index in [-0.39, 0.29) is 17.8 Å². The van der Waals surface area contributed by atoms with E-state index in [0.29, 0.717) is 11.8 Å². The number of phenolic OH excluding ortho intramolecular Hbond substituents is 1. The lowest BCUT2D eigenvalue weighted by Crippen LogP contribution is -2.12. The van der Waals surface area contributed by atoms with Crippen molar-refractivity contribution in [3.63, 3.8) is 0 Å². The fourth-order valence-electron chi connectivity index (χ4n) is 3.53. The highest BCUT2D eigenvalue weighted by Crippen LogP contribution is 2.39. The summed E-state index contributed by atoms with van der Waals surface area (Å²) >= 11 is 0. The van der Waals surface area contributed by atoms with Crippen LogP contribution in [0.1, 0.15) is 51.3 Å². The van der Waals surface area contributed by atoms with Crippen LogP contribution in [0.5, 0.6) is 5.75 Å². The molecular weight excluding hydrogens is 356 g/mol. The fraction of sp³-hybridized carbons (Fsp3) is 0.391. The van der Waals surface area contributed by atoms with Gasteiger partial charge in [-0.3, -0.25) is 0 Å². The predicted octanol–water partition coefficient (Wildman–Crippen LogP) is 6.70. The Morgan fingerprint density at radius 2 is 1.70 bits per heavy atom. The first-order chi connectivity index (χ1) is 12.1. The van der Waals surface area contributed by atoms with Gasteiger partial charge < -0.3 is 15.4 Å². The topological polar surface area (TPSA) is 48.0 Å². The molecule has 0 aliphatic carbocycles. The number of rotatable bonds is 3. The number of fused-ring (bicyclic) bond motifs is 1. The standard InChI is InChI=1S/C23H30N2O.ClH/c1-13(2)24-17-8-9-20-18(12-17)15(4)21(25-20)16-10-14(3)22(26)19(11-16)23(5,6)7;/h8-13,24-26H,1-7H3;1H. The number of phenols is 1. The van der Waals surface area contributed by atoms with E-state index in [2.05, 4.69) is 82.2 Å². The molecule has 0 atom stereocenters. The van der Waals surface area contributed by atoms with Crippen LogP contribution in [0.15, 0.2) is 30.3 Å². The Bertz CT molecular complexity index is 965. The van der Waals surface area contributed by atoms with Crippen LogP contribution >= 0.6 is 12.4 Å². The minimum absolute atomic E-state index is 0. The zero-order valence-electron chi connectivity index (χ0n) is 17.3. The Morgan fingerprint density at radius 1 is 1.04 bits per heavy atom. The average molecular weight is 387 g/mol. The summed E-state index contributed by atoms with van der Waals surface area (Å²) in [5.74, 6) is 0.401. The molecule has 0 amide bonds. The van der Waals surface area contributed by atoms with E-state index in [0.717, 1.165) is 33.6 Å². The molecule has 3 rings (SSSR count). The Balaban J connectivity index is 0.00000261. The molecule has 0 saturated carbocycles. The number of hydrogen-bond acceptors (Lipinski definition) is 2.